The smallest absolute Gasteiger partial charge is 0.238 e. The molecular formula is C15H19Br2N3O. The van der Waals surface area contributed by atoms with Gasteiger partial charge in [-0.3, -0.25) is 9.69 Å². The highest BCUT2D eigenvalue weighted by Gasteiger charge is 2.36. The van der Waals surface area contributed by atoms with Gasteiger partial charge in [-0.15, -0.1) is 0 Å². The minimum atomic E-state index is 0.0492. The molecule has 2 atom stereocenters. The lowest BCUT2D eigenvalue weighted by molar-refractivity contribution is -0.117. The van der Waals surface area contributed by atoms with Crippen molar-refractivity contribution in [3.8, 4) is 0 Å². The van der Waals surface area contributed by atoms with E-state index in [0.29, 0.717) is 6.54 Å². The summed E-state index contributed by atoms with van der Waals surface area (Å²) in [7, 11) is 0. The number of carbonyl (C=O) groups is 1. The Bertz CT molecular complexity index is 529. The summed E-state index contributed by atoms with van der Waals surface area (Å²) in [6.45, 7) is 6.75. The van der Waals surface area contributed by atoms with E-state index in [2.05, 4.69) is 47.4 Å². The van der Waals surface area contributed by atoms with Crippen molar-refractivity contribution in [2.24, 2.45) is 11.8 Å². The number of likely N-dealkylation sites (tertiary alicyclic amines) is 1. The first-order valence-electron chi connectivity index (χ1n) is 7.21. The third-order valence-corrected chi connectivity index (χ3v) is 5.53. The molecule has 1 aromatic carbocycles. The fourth-order valence-electron chi connectivity index (χ4n) is 3.28. The lowest BCUT2D eigenvalue weighted by Crippen LogP contribution is -2.33. The van der Waals surface area contributed by atoms with Crippen LogP contribution in [0, 0.1) is 18.8 Å². The van der Waals surface area contributed by atoms with Crippen LogP contribution in [0.4, 0.5) is 5.69 Å². The summed E-state index contributed by atoms with van der Waals surface area (Å²) in [6, 6.07) is 4.01. The summed E-state index contributed by atoms with van der Waals surface area (Å²) in [5, 5.41) is 6.43. The average Bonchev–Trinajstić information content (AvgIpc) is 2.94. The van der Waals surface area contributed by atoms with Crippen LogP contribution in [0.3, 0.4) is 0 Å². The molecule has 21 heavy (non-hydrogen) atoms. The molecule has 6 heteroatoms. The van der Waals surface area contributed by atoms with Gasteiger partial charge in [0.05, 0.1) is 12.2 Å². The van der Waals surface area contributed by atoms with Crippen LogP contribution in [-0.2, 0) is 4.79 Å². The van der Waals surface area contributed by atoms with Crippen molar-refractivity contribution in [2.75, 3.05) is 38.0 Å². The van der Waals surface area contributed by atoms with Crippen molar-refractivity contribution in [3.63, 3.8) is 0 Å². The molecule has 3 rings (SSSR count). The lowest BCUT2D eigenvalue weighted by atomic mass is 10.0. The van der Waals surface area contributed by atoms with Gasteiger partial charge in [0, 0.05) is 22.0 Å². The van der Waals surface area contributed by atoms with E-state index < -0.39 is 0 Å². The Kier molecular flexibility index (Phi) is 4.69. The molecule has 2 fully saturated rings. The van der Waals surface area contributed by atoms with Crippen LogP contribution < -0.4 is 10.6 Å². The fraction of sp³-hybridized carbons (Fsp3) is 0.533. The molecule has 2 aliphatic rings. The Morgan fingerprint density at radius 2 is 1.86 bits per heavy atom. The zero-order valence-electron chi connectivity index (χ0n) is 12.0. The van der Waals surface area contributed by atoms with E-state index in [-0.39, 0.29) is 5.91 Å². The number of fused-ring (bicyclic) bond motifs is 1. The monoisotopic (exact) mass is 415 g/mol. The first kappa shape index (κ1) is 15.5. The van der Waals surface area contributed by atoms with Gasteiger partial charge < -0.3 is 10.6 Å². The van der Waals surface area contributed by atoms with Gasteiger partial charge in [0.2, 0.25) is 5.91 Å². The van der Waals surface area contributed by atoms with Gasteiger partial charge in [-0.1, -0.05) is 0 Å². The van der Waals surface area contributed by atoms with E-state index in [1.165, 1.54) is 0 Å². The Morgan fingerprint density at radius 3 is 2.43 bits per heavy atom. The van der Waals surface area contributed by atoms with Crippen LogP contribution in [0.5, 0.6) is 0 Å². The van der Waals surface area contributed by atoms with Crippen molar-refractivity contribution < 1.29 is 4.79 Å². The Labute approximate surface area is 141 Å². The van der Waals surface area contributed by atoms with Crippen LogP contribution in [0.2, 0.25) is 0 Å². The number of amides is 1. The lowest BCUT2D eigenvalue weighted by Gasteiger charge is -2.17. The number of anilines is 1. The van der Waals surface area contributed by atoms with Gasteiger partial charge in [-0.05, 0) is 81.4 Å². The van der Waals surface area contributed by atoms with Gasteiger partial charge in [0.1, 0.15) is 0 Å². The molecule has 0 radical (unpaired) electrons. The number of aryl methyl sites for hydroxylation is 1. The quantitative estimate of drug-likeness (QED) is 0.795. The summed E-state index contributed by atoms with van der Waals surface area (Å²) in [6.07, 6.45) is 0. The molecule has 0 bridgehead atoms. The summed E-state index contributed by atoms with van der Waals surface area (Å²) in [5.41, 5.74) is 1.96. The van der Waals surface area contributed by atoms with Crippen LogP contribution in [0.25, 0.3) is 0 Å². The molecule has 2 N–H and O–H groups in total. The normalized spacial score (nSPS) is 25.1. The zero-order valence-corrected chi connectivity index (χ0v) is 15.1. The summed E-state index contributed by atoms with van der Waals surface area (Å²) >= 11 is 7.02. The van der Waals surface area contributed by atoms with Gasteiger partial charge in [0.25, 0.3) is 0 Å². The third kappa shape index (κ3) is 3.50. The van der Waals surface area contributed by atoms with E-state index in [4.69, 9.17) is 0 Å². The number of nitrogens with one attached hydrogen (secondary N) is 2. The topological polar surface area (TPSA) is 44.4 Å². The number of nitrogens with zero attached hydrogens (tertiary/aromatic N) is 1. The first-order chi connectivity index (χ1) is 10.0. The molecule has 0 aliphatic carbocycles. The molecule has 114 valence electrons. The van der Waals surface area contributed by atoms with Crippen molar-refractivity contribution in [1.82, 2.24) is 10.2 Å². The molecule has 4 nitrogen and oxygen atoms in total. The van der Waals surface area contributed by atoms with Crippen molar-refractivity contribution >= 4 is 43.5 Å². The molecule has 2 heterocycles. The maximum Gasteiger partial charge on any atom is 0.238 e. The summed E-state index contributed by atoms with van der Waals surface area (Å²) in [5.74, 6) is 1.49. The standard InChI is InChI=1S/C15H19Br2N3O/c1-9-2-12(16)15(13(17)3-9)19-14(21)8-20-6-10-4-18-5-11(10)7-20/h2-3,10-11,18H,4-8H2,1H3,(H,19,21)/t10-,11+. The number of halogens is 2. The van der Waals surface area contributed by atoms with E-state index >= 15 is 0 Å². The largest absolute Gasteiger partial charge is 0.323 e. The van der Waals surface area contributed by atoms with Crippen molar-refractivity contribution in [2.45, 2.75) is 6.92 Å². The number of rotatable bonds is 3. The molecule has 0 saturated carbocycles. The molecule has 2 saturated heterocycles. The second-order valence-corrected chi connectivity index (χ2v) is 7.73. The van der Waals surface area contributed by atoms with E-state index in [1.54, 1.807) is 0 Å². The van der Waals surface area contributed by atoms with Crippen molar-refractivity contribution in [3.05, 3.63) is 26.6 Å². The minimum Gasteiger partial charge on any atom is -0.323 e. The van der Waals surface area contributed by atoms with Gasteiger partial charge in [-0.25, -0.2) is 0 Å². The van der Waals surface area contributed by atoms with Crippen LogP contribution in [-0.4, -0.2) is 43.5 Å². The van der Waals surface area contributed by atoms with Gasteiger partial charge in [0.15, 0.2) is 0 Å². The third-order valence-electron chi connectivity index (χ3n) is 4.28. The van der Waals surface area contributed by atoms with E-state index in [1.807, 2.05) is 19.1 Å². The number of hydrogen-bond acceptors (Lipinski definition) is 3. The Hall–Kier alpha value is -0.430. The molecule has 0 aromatic heterocycles. The fourth-order valence-corrected chi connectivity index (χ4v) is 4.90. The summed E-state index contributed by atoms with van der Waals surface area (Å²) in [4.78, 5) is 14.5. The van der Waals surface area contributed by atoms with Gasteiger partial charge >= 0.3 is 0 Å². The molecule has 1 aromatic rings. The number of hydrogen-bond donors (Lipinski definition) is 2. The molecule has 2 aliphatic heterocycles. The Morgan fingerprint density at radius 1 is 1.29 bits per heavy atom. The minimum absolute atomic E-state index is 0.0492. The predicted molar refractivity (Wildman–Crippen MR) is 91.5 cm³/mol. The van der Waals surface area contributed by atoms with E-state index in [0.717, 1.165) is 58.2 Å². The predicted octanol–water partition coefficient (Wildman–Crippen LogP) is 2.61. The van der Waals surface area contributed by atoms with Gasteiger partial charge in [-0.2, -0.15) is 0 Å². The zero-order chi connectivity index (χ0) is 15.0. The van der Waals surface area contributed by atoms with E-state index in [9.17, 15) is 4.79 Å². The number of benzene rings is 1. The Balaban J connectivity index is 1.60. The SMILES string of the molecule is Cc1cc(Br)c(NC(=O)CN2C[C@H]3CNC[C@H]3C2)c(Br)c1. The summed E-state index contributed by atoms with van der Waals surface area (Å²) < 4.78 is 1.82. The highest BCUT2D eigenvalue weighted by Crippen LogP contribution is 2.32. The highest BCUT2D eigenvalue weighted by atomic mass is 79.9. The van der Waals surface area contributed by atoms with Crippen molar-refractivity contribution in [1.29, 1.82) is 0 Å². The maximum atomic E-state index is 12.3. The highest BCUT2D eigenvalue weighted by molar-refractivity contribution is 9.11. The van der Waals surface area contributed by atoms with Crippen LogP contribution in [0.1, 0.15) is 5.56 Å². The second kappa shape index (κ2) is 6.36. The molecule has 1 amide bonds. The van der Waals surface area contributed by atoms with Crippen LogP contribution >= 0.6 is 31.9 Å². The first-order valence-corrected chi connectivity index (χ1v) is 8.80. The molecule has 0 spiro atoms. The second-order valence-electron chi connectivity index (χ2n) is 6.02. The molecule has 0 unspecified atom stereocenters. The van der Waals surface area contributed by atoms with Crippen LogP contribution in [0.15, 0.2) is 21.1 Å². The average molecular weight is 417 g/mol. The maximum absolute atomic E-state index is 12.3. The number of carbonyl (C=O) groups excluding carboxylic acids is 1. The molecular weight excluding hydrogens is 398 g/mol.